The van der Waals surface area contributed by atoms with E-state index >= 15 is 0 Å². The smallest absolute Gasteiger partial charge is 0.242 e. The molecule has 30 heavy (non-hydrogen) atoms. The largest absolute Gasteiger partial charge is 0.488 e. The van der Waals surface area contributed by atoms with Gasteiger partial charge in [-0.15, -0.1) is 6.58 Å². The molecule has 4 aromatic rings. The molecule has 0 aliphatic heterocycles. The summed E-state index contributed by atoms with van der Waals surface area (Å²) in [6.45, 7) is 3.93. The zero-order valence-electron chi connectivity index (χ0n) is 16.3. The maximum Gasteiger partial charge on any atom is 0.242 e. The van der Waals surface area contributed by atoms with Crippen molar-refractivity contribution in [3.8, 4) is 5.75 Å². The molecule has 0 fully saturated rings. The van der Waals surface area contributed by atoms with E-state index in [0.29, 0.717) is 17.9 Å². The zero-order valence-corrected chi connectivity index (χ0v) is 17.1. The minimum Gasteiger partial charge on any atom is -0.488 e. The second-order valence-corrected chi connectivity index (χ2v) is 8.33. The average Bonchev–Trinajstić information content (AvgIpc) is 3.20. The highest BCUT2D eigenvalue weighted by Gasteiger charge is 2.15. The number of benzene rings is 3. The first-order chi connectivity index (χ1) is 14.5. The van der Waals surface area contributed by atoms with Gasteiger partial charge in [-0.25, -0.2) is 16.8 Å². The maximum absolute atomic E-state index is 12.2. The number of halogens is 1. The van der Waals surface area contributed by atoms with Crippen LogP contribution in [0.25, 0.3) is 10.9 Å². The Kier molecular flexibility index (Phi) is 7.03. The number of rotatable bonds is 6. The molecule has 0 radical (unpaired) electrons. The topological polar surface area (TPSA) is 48.3 Å². The molecule has 0 aliphatic rings. The Morgan fingerprint density at radius 1 is 0.900 bits per heavy atom. The number of hydrogen-bond acceptors (Lipinski definition) is 3. The van der Waals surface area contributed by atoms with Crippen molar-refractivity contribution in [3.05, 3.63) is 115 Å². The van der Waals surface area contributed by atoms with Gasteiger partial charge in [-0.3, -0.25) is 0 Å². The van der Waals surface area contributed by atoms with Crippen molar-refractivity contribution >= 4 is 20.9 Å². The van der Waals surface area contributed by atoms with Gasteiger partial charge in [0.1, 0.15) is 18.2 Å². The monoisotopic (exact) mass is 423 g/mol. The maximum atomic E-state index is 12.2. The Morgan fingerprint density at radius 2 is 1.57 bits per heavy atom. The van der Waals surface area contributed by atoms with E-state index in [4.69, 9.17) is 4.74 Å². The van der Waals surface area contributed by atoms with Crippen LogP contribution in [0.15, 0.2) is 104 Å². The molecule has 4 nitrogen and oxygen atoms in total. The summed E-state index contributed by atoms with van der Waals surface area (Å²) in [7, 11) is -3.43. The molecule has 0 unspecified atom stereocenters. The van der Waals surface area contributed by atoms with Crippen molar-refractivity contribution in [2.45, 2.75) is 6.61 Å². The zero-order chi connectivity index (χ0) is 21.4. The van der Waals surface area contributed by atoms with Crippen LogP contribution in [0.5, 0.6) is 5.75 Å². The Hall–Kier alpha value is -3.38. The van der Waals surface area contributed by atoms with Crippen molar-refractivity contribution in [3.63, 3.8) is 0 Å². The van der Waals surface area contributed by atoms with Crippen molar-refractivity contribution in [1.29, 1.82) is 0 Å². The molecule has 6 heteroatoms. The molecule has 0 saturated carbocycles. The Morgan fingerprint density at radius 3 is 2.17 bits per heavy atom. The lowest BCUT2D eigenvalue weighted by molar-refractivity contribution is 0.310. The fourth-order valence-corrected chi connectivity index (χ4v) is 4.03. The van der Waals surface area contributed by atoms with E-state index in [1.807, 2.05) is 36.4 Å². The first-order valence-electron chi connectivity index (χ1n) is 9.33. The van der Waals surface area contributed by atoms with Crippen molar-refractivity contribution in [1.82, 2.24) is 3.97 Å². The molecule has 0 saturated heterocycles. The molecule has 1 aromatic heterocycles. The summed E-state index contributed by atoms with van der Waals surface area (Å²) < 4.78 is 43.5. The lowest BCUT2D eigenvalue weighted by Crippen LogP contribution is -2.13. The minimum absolute atomic E-state index is 0.105. The number of ether oxygens (including phenoxy) is 1. The van der Waals surface area contributed by atoms with Crippen LogP contribution in [0.2, 0.25) is 0 Å². The Bertz CT molecular complexity index is 1200. The highest BCUT2D eigenvalue weighted by atomic mass is 32.2. The third-order valence-corrected chi connectivity index (χ3v) is 5.83. The summed E-state index contributed by atoms with van der Waals surface area (Å²) in [6.07, 6.45) is 2.94. The van der Waals surface area contributed by atoms with Gasteiger partial charge in [0.2, 0.25) is 10.0 Å². The summed E-state index contributed by atoms with van der Waals surface area (Å²) in [5.74, 6) is 0.382. The fraction of sp³-hybridized carbons (Fsp3) is 0.0833. The minimum atomic E-state index is -3.43. The molecule has 0 bridgehead atoms. The van der Waals surface area contributed by atoms with Gasteiger partial charge in [0.15, 0.2) is 0 Å². The van der Waals surface area contributed by atoms with Crippen LogP contribution in [0.1, 0.15) is 5.56 Å². The van der Waals surface area contributed by atoms with E-state index < -0.39 is 10.0 Å². The molecular weight excluding hydrogens is 401 g/mol. The van der Waals surface area contributed by atoms with Crippen LogP contribution >= 0.6 is 0 Å². The van der Waals surface area contributed by atoms with E-state index in [1.165, 1.54) is 22.2 Å². The van der Waals surface area contributed by atoms with Crippen LogP contribution in [0.4, 0.5) is 4.39 Å². The summed E-state index contributed by atoms with van der Waals surface area (Å²) in [6, 6.07) is 24.9. The number of fused-ring (bicyclic) bond motifs is 1. The van der Waals surface area contributed by atoms with E-state index in [1.54, 1.807) is 42.6 Å². The van der Waals surface area contributed by atoms with Crippen LogP contribution < -0.4 is 4.74 Å². The first kappa shape index (κ1) is 21.3. The second kappa shape index (κ2) is 9.89. The Balaban J connectivity index is 0.000000310. The predicted octanol–water partition coefficient (Wildman–Crippen LogP) is 5.41. The van der Waals surface area contributed by atoms with E-state index in [2.05, 4.69) is 6.58 Å². The number of hydrogen-bond donors (Lipinski definition) is 0. The van der Waals surface area contributed by atoms with Gasteiger partial charge < -0.3 is 4.74 Å². The highest BCUT2D eigenvalue weighted by molar-refractivity contribution is 7.90. The Labute approximate surface area is 175 Å². The van der Waals surface area contributed by atoms with Crippen LogP contribution in [-0.4, -0.2) is 18.1 Å². The lowest BCUT2D eigenvalue weighted by Gasteiger charge is -2.09. The predicted molar refractivity (Wildman–Crippen MR) is 118 cm³/mol. The van der Waals surface area contributed by atoms with Gasteiger partial charge in [-0.1, -0.05) is 60.7 Å². The molecule has 0 aliphatic carbocycles. The normalized spacial score (nSPS) is 10.8. The quantitative estimate of drug-likeness (QED) is 0.390. The molecule has 0 amide bonds. The van der Waals surface area contributed by atoms with Crippen LogP contribution in [-0.2, 0) is 16.6 Å². The average molecular weight is 424 g/mol. The van der Waals surface area contributed by atoms with E-state index in [0.717, 1.165) is 10.9 Å². The fourth-order valence-electron chi connectivity index (χ4n) is 2.86. The van der Waals surface area contributed by atoms with E-state index in [9.17, 15) is 12.8 Å². The summed E-state index contributed by atoms with van der Waals surface area (Å²) in [5.41, 5.74) is 1.67. The lowest BCUT2D eigenvalue weighted by atomic mass is 10.2. The van der Waals surface area contributed by atoms with Gasteiger partial charge >= 0.3 is 0 Å². The highest BCUT2D eigenvalue weighted by Crippen LogP contribution is 2.28. The number of nitrogens with zero attached hydrogens (tertiary/aromatic N) is 1. The molecule has 1 heterocycles. The molecule has 0 atom stereocenters. The van der Waals surface area contributed by atoms with Crippen LogP contribution in [0.3, 0.4) is 0 Å². The molecule has 154 valence electrons. The molecule has 4 rings (SSSR count). The molecule has 0 N–H and O–H groups in total. The summed E-state index contributed by atoms with van der Waals surface area (Å²) >= 11 is 0. The second-order valence-electron chi connectivity index (χ2n) is 6.44. The SMILES string of the molecule is C=CCS(=O)(=O)n1ccc2c(OCc3ccccc3)cccc21.Fc1ccccc1. The summed E-state index contributed by atoms with van der Waals surface area (Å²) in [5, 5.41) is 0.774. The molecule has 3 aromatic carbocycles. The van der Waals surface area contributed by atoms with Crippen molar-refractivity contribution < 1.29 is 17.5 Å². The van der Waals surface area contributed by atoms with Gasteiger partial charge in [-0.2, -0.15) is 0 Å². The van der Waals surface area contributed by atoms with Gasteiger partial charge in [0.25, 0.3) is 0 Å². The third-order valence-electron chi connectivity index (χ3n) is 4.26. The van der Waals surface area contributed by atoms with Gasteiger partial charge in [0.05, 0.1) is 11.3 Å². The molecular formula is C24H22FNO3S. The standard InChI is InChI=1S/C18H17NO3S.C6H5F/c1-2-13-23(20,21)19-12-11-16-17(19)9-6-10-18(16)22-14-15-7-4-3-5-8-15;7-6-4-2-1-3-5-6/h2-12H,1,13-14H2;1-5H. The van der Waals surface area contributed by atoms with Crippen molar-refractivity contribution in [2.75, 3.05) is 5.75 Å². The third kappa shape index (κ3) is 5.36. The van der Waals surface area contributed by atoms with E-state index in [-0.39, 0.29) is 11.6 Å². The number of aromatic nitrogens is 1. The van der Waals surface area contributed by atoms with Gasteiger partial charge in [0, 0.05) is 11.6 Å². The summed E-state index contributed by atoms with van der Waals surface area (Å²) in [4.78, 5) is 0. The van der Waals surface area contributed by atoms with Crippen LogP contribution in [0, 0.1) is 5.82 Å². The first-order valence-corrected chi connectivity index (χ1v) is 10.9. The molecule has 0 spiro atoms. The van der Waals surface area contributed by atoms with Crippen molar-refractivity contribution in [2.24, 2.45) is 0 Å². The van der Waals surface area contributed by atoms with Gasteiger partial charge in [-0.05, 0) is 35.9 Å².